The Balaban J connectivity index is 4.18. The second-order valence-corrected chi connectivity index (χ2v) is 10.6. The van der Waals surface area contributed by atoms with Gasteiger partial charge in [-0.3, -0.25) is 14.4 Å². The lowest BCUT2D eigenvalue weighted by Crippen LogP contribution is -2.39. The van der Waals surface area contributed by atoms with Crippen molar-refractivity contribution < 1.29 is 33.3 Å². The Morgan fingerprint density at radius 1 is 0.649 bits per heavy atom. The molecule has 0 aromatic carbocycles. The zero-order valence-corrected chi connectivity index (χ0v) is 24.6. The first-order chi connectivity index (χ1) is 17.8. The van der Waals surface area contributed by atoms with Gasteiger partial charge in [-0.2, -0.15) is 0 Å². The molecule has 37 heavy (non-hydrogen) atoms. The second kappa shape index (κ2) is 23.5. The Labute approximate surface area is 226 Å². The average Bonchev–Trinajstić information content (AvgIpc) is 2.87. The van der Waals surface area contributed by atoms with Crippen molar-refractivity contribution in [2.24, 2.45) is 11.3 Å². The third kappa shape index (κ3) is 19.1. The van der Waals surface area contributed by atoms with Gasteiger partial charge in [0.15, 0.2) is 0 Å². The molecule has 0 spiro atoms. The number of rotatable bonds is 25. The SMILES string of the molecule is CCCCCCCCC(CCCCCC)C(=O)OCCCCCCOC(=O)C(C)(COC)COC(C)=O. The first-order valence-electron chi connectivity index (χ1n) is 14.8. The molecule has 2 unspecified atom stereocenters. The molecule has 7 nitrogen and oxygen atoms in total. The fraction of sp³-hybridized carbons (Fsp3) is 0.900. The standard InChI is InChI=1S/C30H56O7/c1-6-8-10-12-13-17-21-27(20-16-11-9-7-2)28(32)35-22-18-14-15-19-23-36-29(33)30(4,24-34-5)25-37-26(3)31/h27H,6-25H2,1-5H3. The minimum absolute atomic E-state index is 0.0239. The van der Waals surface area contributed by atoms with Gasteiger partial charge in [0.05, 0.1) is 25.7 Å². The molecule has 0 aliphatic rings. The lowest BCUT2D eigenvalue weighted by atomic mass is 9.93. The van der Waals surface area contributed by atoms with Gasteiger partial charge in [0.25, 0.3) is 0 Å². The summed E-state index contributed by atoms with van der Waals surface area (Å²) in [6, 6.07) is 0. The van der Waals surface area contributed by atoms with E-state index in [0.29, 0.717) is 13.2 Å². The summed E-state index contributed by atoms with van der Waals surface area (Å²) in [5.41, 5.74) is -1.02. The van der Waals surface area contributed by atoms with Gasteiger partial charge in [0, 0.05) is 14.0 Å². The van der Waals surface area contributed by atoms with E-state index >= 15 is 0 Å². The molecule has 0 aromatic rings. The van der Waals surface area contributed by atoms with Crippen LogP contribution in [-0.2, 0) is 33.3 Å². The fourth-order valence-corrected chi connectivity index (χ4v) is 4.30. The summed E-state index contributed by atoms with van der Waals surface area (Å²) in [4.78, 5) is 36.2. The van der Waals surface area contributed by atoms with Gasteiger partial charge >= 0.3 is 17.9 Å². The first-order valence-corrected chi connectivity index (χ1v) is 14.8. The fourth-order valence-electron chi connectivity index (χ4n) is 4.30. The molecule has 0 aromatic heterocycles. The topological polar surface area (TPSA) is 88.1 Å². The summed E-state index contributed by atoms with van der Waals surface area (Å²) < 4.78 is 21.1. The summed E-state index contributed by atoms with van der Waals surface area (Å²) in [6.07, 6.45) is 17.4. The second-order valence-electron chi connectivity index (χ2n) is 10.6. The number of ether oxygens (including phenoxy) is 4. The van der Waals surface area contributed by atoms with E-state index in [2.05, 4.69) is 13.8 Å². The Morgan fingerprint density at radius 3 is 1.68 bits per heavy atom. The van der Waals surface area contributed by atoms with Crippen molar-refractivity contribution in [3.05, 3.63) is 0 Å². The van der Waals surface area contributed by atoms with E-state index in [1.165, 1.54) is 65.4 Å². The van der Waals surface area contributed by atoms with Gasteiger partial charge in [-0.05, 0) is 45.4 Å². The van der Waals surface area contributed by atoms with Gasteiger partial charge in [-0.15, -0.1) is 0 Å². The maximum Gasteiger partial charge on any atom is 0.317 e. The summed E-state index contributed by atoms with van der Waals surface area (Å²) in [5, 5.41) is 0. The van der Waals surface area contributed by atoms with Gasteiger partial charge in [0.1, 0.15) is 12.0 Å². The zero-order chi connectivity index (χ0) is 27.8. The predicted octanol–water partition coefficient (Wildman–Crippen LogP) is 7.19. The first kappa shape index (κ1) is 35.4. The highest BCUT2D eigenvalue weighted by Crippen LogP contribution is 2.22. The molecule has 0 N–H and O–H groups in total. The highest BCUT2D eigenvalue weighted by Gasteiger charge is 2.36. The van der Waals surface area contributed by atoms with Crippen LogP contribution in [0, 0.1) is 11.3 Å². The lowest BCUT2D eigenvalue weighted by Gasteiger charge is -2.25. The molecule has 7 heteroatoms. The van der Waals surface area contributed by atoms with Crippen molar-refractivity contribution >= 4 is 17.9 Å². The molecule has 0 fully saturated rings. The third-order valence-corrected chi connectivity index (χ3v) is 6.71. The van der Waals surface area contributed by atoms with E-state index in [9.17, 15) is 14.4 Å². The van der Waals surface area contributed by atoms with Crippen molar-refractivity contribution in [2.75, 3.05) is 33.5 Å². The molecule has 0 amide bonds. The Hall–Kier alpha value is -1.63. The molecule has 0 aliphatic carbocycles. The van der Waals surface area contributed by atoms with Gasteiger partial charge in [0.2, 0.25) is 0 Å². The molecule has 0 saturated heterocycles. The average molecular weight is 529 g/mol. The maximum atomic E-state index is 12.7. The van der Waals surface area contributed by atoms with Crippen LogP contribution in [0.25, 0.3) is 0 Å². The third-order valence-electron chi connectivity index (χ3n) is 6.71. The highest BCUT2D eigenvalue weighted by atomic mass is 16.6. The molecule has 0 bridgehead atoms. The molecule has 2 atom stereocenters. The minimum atomic E-state index is -1.02. The quantitative estimate of drug-likeness (QED) is 0.0704. The van der Waals surface area contributed by atoms with Gasteiger partial charge in [-0.1, -0.05) is 78.1 Å². The number of hydrogen-bond donors (Lipinski definition) is 0. The van der Waals surface area contributed by atoms with E-state index < -0.39 is 17.4 Å². The molecule has 218 valence electrons. The Bertz CT molecular complexity index is 592. The zero-order valence-electron chi connectivity index (χ0n) is 24.6. The van der Waals surface area contributed by atoms with Crippen molar-refractivity contribution in [3.8, 4) is 0 Å². The molecular weight excluding hydrogens is 472 g/mol. The van der Waals surface area contributed by atoms with E-state index in [1.54, 1.807) is 6.92 Å². The van der Waals surface area contributed by atoms with Crippen LogP contribution >= 0.6 is 0 Å². The van der Waals surface area contributed by atoms with Crippen molar-refractivity contribution in [1.82, 2.24) is 0 Å². The smallest absolute Gasteiger partial charge is 0.317 e. The van der Waals surface area contributed by atoms with Crippen molar-refractivity contribution in [2.45, 2.75) is 130 Å². The van der Waals surface area contributed by atoms with E-state index in [1.807, 2.05) is 0 Å². The number of hydrogen-bond acceptors (Lipinski definition) is 7. The molecule has 0 radical (unpaired) electrons. The van der Waals surface area contributed by atoms with Crippen LogP contribution in [0.5, 0.6) is 0 Å². The highest BCUT2D eigenvalue weighted by molar-refractivity contribution is 5.77. The molecule has 0 heterocycles. The van der Waals surface area contributed by atoms with Crippen molar-refractivity contribution in [3.63, 3.8) is 0 Å². The largest absolute Gasteiger partial charge is 0.465 e. The number of unbranched alkanes of at least 4 members (excludes halogenated alkanes) is 11. The lowest BCUT2D eigenvalue weighted by molar-refractivity contribution is -0.166. The van der Waals surface area contributed by atoms with Crippen LogP contribution in [-0.4, -0.2) is 51.4 Å². The van der Waals surface area contributed by atoms with E-state index in [4.69, 9.17) is 18.9 Å². The molecular formula is C30H56O7. The summed E-state index contributed by atoms with van der Waals surface area (Å²) in [5.74, 6) is -0.860. The summed E-state index contributed by atoms with van der Waals surface area (Å²) in [6.45, 7) is 8.20. The van der Waals surface area contributed by atoms with Crippen LogP contribution < -0.4 is 0 Å². The van der Waals surface area contributed by atoms with Crippen LogP contribution in [0.15, 0.2) is 0 Å². The summed E-state index contributed by atoms with van der Waals surface area (Å²) >= 11 is 0. The van der Waals surface area contributed by atoms with Gasteiger partial charge in [-0.25, -0.2) is 0 Å². The van der Waals surface area contributed by atoms with Crippen LogP contribution in [0.2, 0.25) is 0 Å². The monoisotopic (exact) mass is 528 g/mol. The van der Waals surface area contributed by atoms with Gasteiger partial charge < -0.3 is 18.9 Å². The predicted molar refractivity (Wildman–Crippen MR) is 147 cm³/mol. The molecule has 0 rings (SSSR count). The molecule has 0 saturated carbocycles. The minimum Gasteiger partial charge on any atom is -0.465 e. The van der Waals surface area contributed by atoms with Crippen LogP contribution in [0.3, 0.4) is 0 Å². The normalized spacial score (nSPS) is 13.5. The Kier molecular flexibility index (Phi) is 22.4. The van der Waals surface area contributed by atoms with E-state index in [-0.39, 0.29) is 25.1 Å². The maximum absolute atomic E-state index is 12.7. The van der Waals surface area contributed by atoms with Crippen molar-refractivity contribution in [1.29, 1.82) is 0 Å². The number of carbonyl (C=O) groups is 3. The number of carbonyl (C=O) groups excluding carboxylic acids is 3. The molecule has 0 aliphatic heterocycles. The van der Waals surface area contributed by atoms with Crippen LogP contribution in [0.1, 0.15) is 130 Å². The summed E-state index contributed by atoms with van der Waals surface area (Å²) in [7, 11) is 1.50. The Morgan fingerprint density at radius 2 is 1.14 bits per heavy atom. The van der Waals surface area contributed by atoms with E-state index in [0.717, 1.165) is 51.4 Å². The number of methoxy groups -OCH3 is 1. The van der Waals surface area contributed by atoms with Crippen LogP contribution in [0.4, 0.5) is 0 Å². The number of esters is 3.